The van der Waals surface area contributed by atoms with Gasteiger partial charge in [-0.15, -0.1) is 0 Å². The van der Waals surface area contributed by atoms with E-state index in [0.29, 0.717) is 0 Å². The molecule has 90 valence electrons. The molecule has 0 bridgehead atoms. The molecule has 0 radical (unpaired) electrons. The number of aromatic nitrogens is 1. The summed E-state index contributed by atoms with van der Waals surface area (Å²) >= 11 is 8.04. The van der Waals surface area contributed by atoms with Crippen LogP contribution >= 0.6 is 27.5 Å². The van der Waals surface area contributed by atoms with Crippen molar-refractivity contribution in [3.05, 3.63) is 33.0 Å². The lowest BCUT2D eigenvalue weighted by Gasteiger charge is -2.06. The van der Waals surface area contributed by atoms with Gasteiger partial charge in [0.2, 0.25) is 5.88 Å². The number of hydrogen-bond donors (Lipinski definition) is 1. The van der Waals surface area contributed by atoms with E-state index < -0.39 is 28.0 Å². The molecular weight excluding hydrogens is 324 g/mol. The first-order chi connectivity index (χ1) is 7.93. The van der Waals surface area contributed by atoms with Gasteiger partial charge in [0.25, 0.3) is 0 Å². The van der Waals surface area contributed by atoms with Gasteiger partial charge in [0.15, 0.2) is 17.5 Å². The van der Waals surface area contributed by atoms with E-state index in [1.165, 1.54) is 0 Å². The quantitative estimate of drug-likeness (QED) is 0.641. The number of hydrogen-bond acceptors (Lipinski definition) is 3. The molecular formula is C9H3BrClF3N2O. The summed E-state index contributed by atoms with van der Waals surface area (Å²) in [5.74, 6) is -4.07. The molecule has 2 N–H and O–H groups in total. The third-order valence-electron chi connectivity index (χ3n) is 1.99. The molecule has 1 aromatic carbocycles. The normalized spacial score (nSPS) is 10.9. The van der Waals surface area contributed by atoms with Gasteiger partial charge in [-0.25, -0.2) is 13.2 Å². The van der Waals surface area contributed by atoms with Crippen molar-refractivity contribution in [1.29, 1.82) is 0 Å². The Bertz CT molecular complexity index is 573. The van der Waals surface area contributed by atoms with E-state index in [0.717, 1.165) is 6.07 Å². The third kappa shape index (κ3) is 1.89. The van der Waals surface area contributed by atoms with E-state index >= 15 is 0 Å². The lowest BCUT2D eigenvalue weighted by atomic mass is 10.1. The van der Waals surface area contributed by atoms with Crippen LogP contribution in [0.3, 0.4) is 0 Å². The standard InChI is InChI=1S/C9H3BrClF3N2O/c10-5-4(2-1-3(15)17-16-2)7(12)9(14)6(11)8(5)13/h1H,15H2. The topological polar surface area (TPSA) is 52.0 Å². The minimum atomic E-state index is -1.50. The second-order valence-electron chi connectivity index (χ2n) is 3.06. The molecule has 0 aliphatic carbocycles. The lowest BCUT2D eigenvalue weighted by Crippen LogP contribution is -1.97. The van der Waals surface area contributed by atoms with Crippen molar-refractivity contribution in [2.75, 3.05) is 5.73 Å². The van der Waals surface area contributed by atoms with Crippen LogP contribution in [0, 0.1) is 17.5 Å². The minimum absolute atomic E-state index is 0.109. The van der Waals surface area contributed by atoms with Crippen LogP contribution in [0.15, 0.2) is 15.1 Å². The number of nitrogens with zero attached hydrogens (tertiary/aromatic N) is 1. The fourth-order valence-electron chi connectivity index (χ4n) is 1.24. The first kappa shape index (κ1) is 12.3. The fourth-order valence-corrected chi connectivity index (χ4v) is 2.10. The number of benzene rings is 1. The molecule has 1 heterocycles. The summed E-state index contributed by atoms with van der Waals surface area (Å²) in [4.78, 5) is 0. The Hall–Kier alpha value is -1.21. The van der Waals surface area contributed by atoms with Gasteiger partial charge < -0.3 is 10.3 Å². The van der Waals surface area contributed by atoms with Gasteiger partial charge in [0.1, 0.15) is 10.7 Å². The van der Waals surface area contributed by atoms with Crippen LogP contribution in [0.5, 0.6) is 0 Å². The van der Waals surface area contributed by atoms with Gasteiger partial charge in [0.05, 0.1) is 10.0 Å². The molecule has 0 saturated heterocycles. The van der Waals surface area contributed by atoms with E-state index in [1.54, 1.807) is 0 Å². The Kier molecular flexibility index (Phi) is 3.05. The number of halogens is 5. The van der Waals surface area contributed by atoms with Gasteiger partial charge in [-0.2, -0.15) is 0 Å². The monoisotopic (exact) mass is 326 g/mol. The Morgan fingerprint density at radius 1 is 1.24 bits per heavy atom. The number of nitrogens with two attached hydrogens (primary N) is 1. The van der Waals surface area contributed by atoms with Crippen LogP contribution in [0.1, 0.15) is 0 Å². The zero-order valence-electron chi connectivity index (χ0n) is 7.90. The first-order valence-corrected chi connectivity index (χ1v) is 5.34. The van der Waals surface area contributed by atoms with Crippen LogP contribution in [0.25, 0.3) is 11.3 Å². The van der Waals surface area contributed by atoms with Crippen molar-refractivity contribution in [1.82, 2.24) is 5.16 Å². The Balaban J connectivity index is 2.78. The molecule has 0 aliphatic rings. The molecule has 0 saturated carbocycles. The van der Waals surface area contributed by atoms with E-state index in [-0.39, 0.29) is 16.1 Å². The lowest BCUT2D eigenvalue weighted by molar-refractivity contribution is 0.437. The van der Waals surface area contributed by atoms with E-state index in [1.807, 2.05) is 0 Å². The average molecular weight is 327 g/mol. The maximum Gasteiger partial charge on any atom is 0.222 e. The van der Waals surface area contributed by atoms with Crippen molar-refractivity contribution in [2.24, 2.45) is 0 Å². The molecule has 17 heavy (non-hydrogen) atoms. The van der Waals surface area contributed by atoms with Crippen LogP contribution in [0.2, 0.25) is 5.02 Å². The zero-order chi connectivity index (χ0) is 12.7. The van der Waals surface area contributed by atoms with Crippen LogP contribution in [0.4, 0.5) is 19.1 Å². The molecule has 0 spiro atoms. The third-order valence-corrected chi connectivity index (χ3v) is 3.07. The van der Waals surface area contributed by atoms with Crippen LogP contribution in [-0.4, -0.2) is 5.16 Å². The number of nitrogen functional groups attached to an aromatic ring is 1. The summed E-state index contributed by atoms with van der Waals surface area (Å²) in [7, 11) is 0. The summed E-state index contributed by atoms with van der Waals surface area (Å²) < 4.78 is 44.5. The van der Waals surface area contributed by atoms with Crippen molar-refractivity contribution in [3.63, 3.8) is 0 Å². The molecule has 2 rings (SSSR count). The summed E-state index contributed by atoms with van der Waals surface area (Å²) in [6.07, 6.45) is 0. The van der Waals surface area contributed by atoms with Gasteiger partial charge in [0, 0.05) is 6.07 Å². The summed E-state index contributed by atoms with van der Waals surface area (Å²) in [6.45, 7) is 0. The maximum atomic E-state index is 13.6. The first-order valence-electron chi connectivity index (χ1n) is 4.17. The van der Waals surface area contributed by atoms with Gasteiger partial charge >= 0.3 is 0 Å². The van der Waals surface area contributed by atoms with Crippen LogP contribution in [-0.2, 0) is 0 Å². The molecule has 0 unspecified atom stereocenters. The van der Waals surface area contributed by atoms with Gasteiger partial charge in [-0.1, -0.05) is 16.8 Å². The number of anilines is 1. The SMILES string of the molecule is Nc1cc(-c2c(F)c(F)c(Cl)c(F)c2Br)no1. The molecule has 0 amide bonds. The Morgan fingerprint density at radius 2 is 1.88 bits per heavy atom. The Morgan fingerprint density at radius 3 is 2.41 bits per heavy atom. The van der Waals surface area contributed by atoms with Crippen molar-refractivity contribution < 1.29 is 17.7 Å². The summed E-state index contributed by atoms with van der Waals surface area (Å²) in [5, 5.41) is 2.44. The maximum absolute atomic E-state index is 13.6. The van der Waals surface area contributed by atoms with E-state index in [2.05, 4.69) is 25.6 Å². The molecule has 0 aliphatic heterocycles. The molecule has 2 aromatic rings. The predicted octanol–water partition coefficient (Wildman–Crippen LogP) is 3.76. The van der Waals surface area contributed by atoms with Gasteiger partial charge in [-0.3, -0.25) is 0 Å². The number of rotatable bonds is 1. The second kappa shape index (κ2) is 4.23. The van der Waals surface area contributed by atoms with Crippen molar-refractivity contribution in [3.8, 4) is 11.3 Å². The Labute approximate surface area is 106 Å². The highest BCUT2D eigenvalue weighted by molar-refractivity contribution is 9.10. The van der Waals surface area contributed by atoms with Crippen molar-refractivity contribution >= 4 is 33.4 Å². The summed E-state index contributed by atoms with van der Waals surface area (Å²) in [6, 6.07) is 1.13. The minimum Gasteiger partial charge on any atom is -0.368 e. The second-order valence-corrected chi connectivity index (χ2v) is 4.23. The molecule has 1 aromatic heterocycles. The summed E-state index contributed by atoms with van der Waals surface area (Å²) in [5.41, 5.74) is 4.66. The zero-order valence-corrected chi connectivity index (χ0v) is 10.2. The predicted molar refractivity (Wildman–Crippen MR) is 58.9 cm³/mol. The molecule has 3 nitrogen and oxygen atoms in total. The van der Waals surface area contributed by atoms with Gasteiger partial charge in [-0.05, 0) is 15.9 Å². The molecule has 8 heteroatoms. The van der Waals surface area contributed by atoms with E-state index in [4.69, 9.17) is 17.3 Å². The highest BCUT2D eigenvalue weighted by Gasteiger charge is 2.25. The molecule has 0 atom stereocenters. The largest absolute Gasteiger partial charge is 0.368 e. The van der Waals surface area contributed by atoms with E-state index in [9.17, 15) is 13.2 Å². The molecule has 0 fully saturated rings. The smallest absolute Gasteiger partial charge is 0.222 e. The fraction of sp³-hybridized carbons (Fsp3) is 0. The van der Waals surface area contributed by atoms with Crippen LogP contribution < -0.4 is 5.73 Å². The van der Waals surface area contributed by atoms with Crippen molar-refractivity contribution in [2.45, 2.75) is 0 Å². The highest BCUT2D eigenvalue weighted by Crippen LogP contribution is 2.38. The highest BCUT2D eigenvalue weighted by atomic mass is 79.9. The average Bonchev–Trinajstić information content (AvgIpc) is 2.71.